The first-order valence-electron chi connectivity index (χ1n) is 9.52. The zero-order valence-corrected chi connectivity index (χ0v) is 20.7. The number of hydrogen-bond acceptors (Lipinski definition) is 6. The molecular formula is C21H22BrClN4OS2. The smallest absolute Gasteiger partial charge is 0.260 e. The summed E-state index contributed by atoms with van der Waals surface area (Å²) in [6, 6.07) is 11.7. The largest absolute Gasteiger partial charge is 0.302 e. The molecule has 2 aromatic heterocycles. The van der Waals surface area contributed by atoms with E-state index in [-0.39, 0.29) is 18.3 Å². The molecule has 30 heavy (non-hydrogen) atoms. The second-order valence-corrected chi connectivity index (χ2v) is 9.44. The zero-order chi connectivity index (χ0) is 20.4. The Hall–Kier alpha value is -1.58. The van der Waals surface area contributed by atoms with Crippen molar-refractivity contribution in [2.45, 2.75) is 13.8 Å². The Bertz CT molecular complexity index is 1160. The summed E-state index contributed by atoms with van der Waals surface area (Å²) in [5.74, 6) is -0.0226. The van der Waals surface area contributed by atoms with Gasteiger partial charge in [0.05, 0.1) is 25.9 Å². The molecule has 0 aliphatic carbocycles. The molecule has 0 atom stereocenters. The van der Waals surface area contributed by atoms with Gasteiger partial charge >= 0.3 is 0 Å². The molecule has 2 heterocycles. The van der Waals surface area contributed by atoms with Crippen LogP contribution in [0.3, 0.4) is 0 Å². The lowest BCUT2D eigenvalue weighted by molar-refractivity contribution is 0.0984. The first-order chi connectivity index (χ1) is 14.1. The fraction of sp³-hybridized carbons (Fsp3) is 0.286. The van der Waals surface area contributed by atoms with Gasteiger partial charge < -0.3 is 4.90 Å². The Labute approximate surface area is 198 Å². The molecular weight excluding hydrogens is 504 g/mol. The van der Waals surface area contributed by atoms with Gasteiger partial charge in [-0.2, -0.15) is 0 Å². The van der Waals surface area contributed by atoms with E-state index in [1.807, 2.05) is 46.8 Å². The van der Waals surface area contributed by atoms with Crippen LogP contribution in [-0.4, -0.2) is 47.0 Å². The number of anilines is 1. The second kappa shape index (κ2) is 10.2. The highest BCUT2D eigenvalue weighted by atomic mass is 79.9. The molecule has 9 heteroatoms. The number of nitrogens with zero attached hydrogens (tertiary/aromatic N) is 4. The van der Waals surface area contributed by atoms with E-state index in [2.05, 4.69) is 39.7 Å². The molecule has 0 aliphatic rings. The van der Waals surface area contributed by atoms with E-state index < -0.39 is 0 Å². The molecule has 158 valence electrons. The van der Waals surface area contributed by atoms with Gasteiger partial charge in [-0.05, 0) is 49.5 Å². The van der Waals surface area contributed by atoms with Crippen molar-refractivity contribution >= 4 is 82.5 Å². The summed E-state index contributed by atoms with van der Waals surface area (Å²) in [5.41, 5.74) is 4.31. The number of fused-ring (bicyclic) bond motifs is 2. The molecule has 0 spiro atoms. The third-order valence-corrected chi connectivity index (χ3v) is 7.25. The first kappa shape index (κ1) is 23.1. The number of thiazole rings is 2. The number of hydrogen-bond donors (Lipinski definition) is 0. The van der Waals surface area contributed by atoms with Crippen LogP contribution < -0.4 is 4.90 Å². The zero-order valence-electron chi connectivity index (χ0n) is 16.7. The minimum Gasteiger partial charge on any atom is -0.302 e. The molecule has 2 aromatic carbocycles. The normalized spacial score (nSPS) is 11.2. The number of amides is 1. The summed E-state index contributed by atoms with van der Waals surface area (Å²) >= 11 is 6.62. The summed E-state index contributed by atoms with van der Waals surface area (Å²) < 4.78 is 3.09. The number of likely N-dealkylation sites (N-methyl/N-ethyl adjacent to an activating group) is 1. The summed E-state index contributed by atoms with van der Waals surface area (Å²) in [6.45, 7) is 7.60. The standard InChI is InChI=1S/C21H21BrN4OS2.ClH/c1-3-25(4-2)9-10-26(21-24-17-8-6-15(22)12-19(17)29-21)20(27)14-5-7-16-18(11-14)28-13-23-16;/h5-8,11-13H,3-4,9-10H2,1-2H3;1H. The number of aromatic nitrogens is 2. The highest BCUT2D eigenvalue weighted by Crippen LogP contribution is 2.32. The lowest BCUT2D eigenvalue weighted by Crippen LogP contribution is -2.38. The Morgan fingerprint density at radius 2 is 1.80 bits per heavy atom. The topological polar surface area (TPSA) is 49.3 Å². The van der Waals surface area contributed by atoms with Crippen molar-refractivity contribution in [2.75, 3.05) is 31.1 Å². The predicted molar refractivity (Wildman–Crippen MR) is 134 cm³/mol. The van der Waals surface area contributed by atoms with E-state index >= 15 is 0 Å². The van der Waals surface area contributed by atoms with E-state index in [4.69, 9.17) is 4.98 Å². The molecule has 0 saturated carbocycles. The van der Waals surface area contributed by atoms with Crippen LogP contribution >= 0.6 is 51.0 Å². The van der Waals surface area contributed by atoms with Gasteiger partial charge in [-0.25, -0.2) is 9.97 Å². The first-order valence-corrected chi connectivity index (χ1v) is 12.0. The van der Waals surface area contributed by atoms with Crippen LogP contribution in [0.5, 0.6) is 0 Å². The molecule has 4 aromatic rings. The van der Waals surface area contributed by atoms with Crippen molar-refractivity contribution in [3.63, 3.8) is 0 Å². The van der Waals surface area contributed by atoms with Crippen molar-refractivity contribution in [2.24, 2.45) is 0 Å². The summed E-state index contributed by atoms with van der Waals surface area (Å²) in [4.78, 5) is 26.7. The van der Waals surface area contributed by atoms with Crippen LogP contribution in [0.1, 0.15) is 24.2 Å². The molecule has 0 N–H and O–H groups in total. The van der Waals surface area contributed by atoms with Gasteiger partial charge in [0.15, 0.2) is 5.13 Å². The Balaban J connectivity index is 0.00000256. The van der Waals surface area contributed by atoms with Crippen molar-refractivity contribution in [1.29, 1.82) is 0 Å². The van der Waals surface area contributed by atoms with Gasteiger partial charge in [0.2, 0.25) is 0 Å². The van der Waals surface area contributed by atoms with E-state index in [1.165, 1.54) is 0 Å². The van der Waals surface area contributed by atoms with Crippen LogP contribution in [0.4, 0.5) is 5.13 Å². The van der Waals surface area contributed by atoms with Gasteiger partial charge in [-0.3, -0.25) is 9.69 Å². The van der Waals surface area contributed by atoms with Crippen molar-refractivity contribution in [1.82, 2.24) is 14.9 Å². The molecule has 4 rings (SSSR count). The Kier molecular flexibility index (Phi) is 7.81. The maximum Gasteiger partial charge on any atom is 0.260 e. The summed E-state index contributed by atoms with van der Waals surface area (Å²) in [5, 5.41) is 0.736. The van der Waals surface area contributed by atoms with Crippen LogP contribution in [0.15, 0.2) is 46.4 Å². The highest BCUT2D eigenvalue weighted by molar-refractivity contribution is 9.10. The van der Waals surface area contributed by atoms with Gasteiger partial charge in [0, 0.05) is 23.1 Å². The fourth-order valence-electron chi connectivity index (χ4n) is 3.21. The molecule has 0 unspecified atom stereocenters. The van der Waals surface area contributed by atoms with Crippen molar-refractivity contribution in [3.05, 3.63) is 51.9 Å². The maximum atomic E-state index is 13.5. The van der Waals surface area contributed by atoms with Crippen LogP contribution in [0.25, 0.3) is 20.4 Å². The van der Waals surface area contributed by atoms with E-state index in [0.717, 1.165) is 49.7 Å². The summed E-state index contributed by atoms with van der Waals surface area (Å²) in [6.07, 6.45) is 0. The minimum absolute atomic E-state index is 0. The lowest BCUT2D eigenvalue weighted by Gasteiger charge is -2.24. The molecule has 0 bridgehead atoms. The molecule has 0 radical (unpaired) electrons. The van der Waals surface area contributed by atoms with Gasteiger partial charge in [-0.15, -0.1) is 23.7 Å². The van der Waals surface area contributed by atoms with Crippen molar-refractivity contribution in [3.8, 4) is 0 Å². The van der Waals surface area contributed by atoms with Gasteiger partial charge in [0.25, 0.3) is 5.91 Å². The van der Waals surface area contributed by atoms with Crippen LogP contribution in [-0.2, 0) is 0 Å². The molecule has 0 aliphatic heterocycles. The average Bonchev–Trinajstić information content (AvgIpc) is 3.36. The SMILES string of the molecule is CCN(CC)CCN(C(=O)c1ccc2ncsc2c1)c1nc2ccc(Br)cc2s1.Cl. The second-order valence-electron chi connectivity index (χ2n) is 6.63. The average molecular weight is 526 g/mol. The molecule has 1 amide bonds. The maximum absolute atomic E-state index is 13.5. The Morgan fingerprint density at radius 3 is 2.57 bits per heavy atom. The molecule has 0 saturated heterocycles. The number of benzene rings is 2. The third kappa shape index (κ3) is 4.84. The molecule has 5 nitrogen and oxygen atoms in total. The van der Waals surface area contributed by atoms with Crippen LogP contribution in [0, 0.1) is 0 Å². The number of rotatable bonds is 7. The summed E-state index contributed by atoms with van der Waals surface area (Å²) in [7, 11) is 0. The molecule has 0 fully saturated rings. The number of halogens is 2. The van der Waals surface area contributed by atoms with Crippen LogP contribution in [0.2, 0.25) is 0 Å². The van der Waals surface area contributed by atoms with Gasteiger partial charge in [0.1, 0.15) is 0 Å². The third-order valence-electron chi connectivity index (χ3n) is 4.93. The number of carbonyl (C=O) groups excluding carboxylic acids is 1. The monoisotopic (exact) mass is 524 g/mol. The van der Waals surface area contributed by atoms with E-state index in [9.17, 15) is 4.79 Å². The Morgan fingerprint density at radius 1 is 1.03 bits per heavy atom. The minimum atomic E-state index is -0.0226. The van der Waals surface area contributed by atoms with E-state index in [1.54, 1.807) is 22.7 Å². The quantitative estimate of drug-likeness (QED) is 0.293. The van der Waals surface area contributed by atoms with E-state index in [0.29, 0.717) is 12.1 Å². The van der Waals surface area contributed by atoms with Gasteiger partial charge in [-0.1, -0.05) is 41.1 Å². The fourth-order valence-corrected chi connectivity index (χ4v) is 5.47. The van der Waals surface area contributed by atoms with Crippen molar-refractivity contribution < 1.29 is 4.79 Å². The number of carbonyl (C=O) groups is 1. The highest BCUT2D eigenvalue weighted by Gasteiger charge is 2.22. The predicted octanol–water partition coefficient (Wildman–Crippen LogP) is 6.08. The lowest BCUT2D eigenvalue weighted by atomic mass is 10.2.